The van der Waals surface area contributed by atoms with Gasteiger partial charge in [0.1, 0.15) is 0 Å². The Morgan fingerprint density at radius 2 is 1.03 bits per heavy atom. The summed E-state index contributed by atoms with van der Waals surface area (Å²) in [6.07, 6.45) is 1.33. The van der Waals surface area contributed by atoms with Crippen LogP contribution >= 0.6 is 0 Å². The van der Waals surface area contributed by atoms with Gasteiger partial charge in [-0.05, 0) is 28.6 Å². The van der Waals surface area contributed by atoms with Crippen molar-refractivity contribution in [2.45, 2.75) is 13.8 Å². The van der Waals surface area contributed by atoms with Gasteiger partial charge in [-0.15, -0.1) is 11.1 Å². The molecular formula is C30H32N2O2Si2. The van der Waals surface area contributed by atoms with Gasteiger partial charge in [0.15, 0.2) is 17.6 Å². The second kappa shape index (κ2) is 13.3. The average Bonchev–Trinajstić information content (AvgIpc) is 2.89. The van der Waals surface area contributed by atoms with Crippen LogP contribution in [0.3, 0.4) is 0 Å². The van der Waals surface area contributed by atoms with E-state index >= 15 is 0 Å². The number of hydrogen-bond acceptors (Lipinski definition) is 2. The van der Waals surface area contributed by atoms with E-state index in [1.54, 1.807) is 23.6 Å². The summed E-state index contributed by atoms with van der Waals surface area (Å²) < 4.78 is 0. The molecule has 2 unspecified atom stereocenters. The summed E-state index contributed by atoms with van der Waals surface area (Å²) >= 11 is 0. The lowest BCUT2D eigenvalue weighted by atomic mass is 10.1. The van der Waals surface area contributed by atoms with E-state index in [-0.39, 0.29) is 11.8 Å². The van der Waals surface area contributed by atoms with Crippen LogP contribution in [0, 0.1) is 22.9 Å². The summed E-state index contributed by atoms with van der Waals surface area (Å²) in [7, 11) is 0.238. The predicted molar refractivity (Wildman–Crippen MR) is 153 cm³/mol. The average molecular weight is 509 g/mol. The van der Waals surface area contributed by atoms with E-state index in [9.17, 15) is 9.59 Å². The molecule has 0 aromatic heterocycles. The molecule has 0 aliphatic rings. The maximum atomic E-state index is 11.8. The third-order valence-electron chi connectivity index (χ3n) is 6.04. The Bertz CT molecular complexity index is 1210. The van der Waals surface area contributed by atoms with Crippen LogP contribution < -0.4 is 10.4 Å². The highest BCUT2D eigenvalue weighted by Gasteiger charge is 2.16. The molecular weight excluding hydrogens is 477 g/mol. The normalized spacial score (nSPS) is 11.7. The molecule has 3 rings (SSSR count). The van der Waals surface area contributed by atoms with E-state index in [1.807, 2.05) is 74.8 Å². The summed E-state index contributed by atoms with van der Waals surface area (Å²) in [5.74, 6) is 6.82. The highest BCUT2D eigenvalue weighted by molar-refractivity contribution is 6.81. The standard InChI is InChI=1S/C30H32N2O2Si2/c1-25(33)31(3)23-35(29-14-7-5-8-15-29)20-18-27-12-11-13-28(22-27)19-21-36(24-32(4)26(2)34)30-16-9-6-10-17-30/h5-17,22,35-36H,23-24H2,1-4H3. The van der Waals surface area contributed by atoms with Gasteiger partial charge in [-0.2, -0.15) is 0 Å². The summed E-state index contributed by atoms with van der Waals surface area (Å²) in [5, 5.41) is 2.45. The quantitative estimate of drug-likeness (QED) is 0.376. The number of carbonyl (C=O) groups excluding carboxylic acids is 2. The predicted octanol–water partition coefficient (Wildman–Crippen LogP) is 1.77. The van der Waals surface area contributed by atoms with E-state index in [4.69, 9.17) is 0 Å². The summed E-state index contributed by atoms with van der Waals surface area (Å²) in [5.41, 5.74) is 8.84. The molecule has 182 valence electrons. The summed E-state index contributed by atoms with van der Waals surface area (Å²) in [4.78, 5) is 27.2. The van der Waals surface area contributed by atoms with Crippen LogP contribution in [-0.2, 0) is 9.59 Å². The number of carbonyl (C=O) groups is 2. The second-order valence-electron chi connectivity index (χ2n) is 8.85. The van der Waals surface area contributed by atoms with E-state index in [1.165, 1.54) is 10.4 Å². The Kier molecular flexibility index (Phi) is 9.88. The van der Waals surface area contributed by atoms with E-state index < -0.39 is 17.6 Å². The Morgan fingerprint density at radius 3 is 1.39 bits per heavy atom. The Morgan fingerprint density at radius 1 is 0.639 bits per heavy atom. The molecule has 3 aromatic rings. The maximum Gasteiger partial charge on any atom is 0.218 e. The number of benzene rings is 3. The van der Waals surface area contributed by atoms with Crippen molar-refractivity contribution in [1.29, 1.82) is 0 Å². The molecule has 0 aliphatic heterocycles. The monoisotopic (exact) mass is 508 g/mol. The van der Waals surface area contributed by atoms with Gasteiger partial charge in [0, 0.05) is 51.4 Å². The summed E-state index contributed by atoms with van der Waals surface area (Å²) in [6.45, 7) is 3.18. The lowest BCUT2D eigenvalue weighted by Gasteiger charge is -2.18. The van der Waals surface area contributed by atoms with Gasteiger partial charge in [0.05, 0.1) is 0 Å². The van der Waals surface area contributed by atoms with Gasteiger partial charge in [-0.3, -0.25) is 9.59 Å². The SMILES string of the molecule is CC(=O)N(C)C[SiH](C#Cc1cccc(C#C[SiH](CN(C)C(C)=O)c2ccccc2)c1)c1ccccc1. The summed E-state index contributed by atoms with van der Waals surface area (Å²) in [6, 6.07) is 28.5. The fourth-order valence-electron chi connectivity index (χ4n) is 3.66. The van der Waals surface area contributed by atoms with E-state index in [2.05, 4.69) is 47.2 Å². The van der Waals surface area contributed by atoms with Crippen molar-refractivity contribution in [3.05, 3.63) is 96.1 Å². The molecule has 0 bridgehead atoms. The molecule has 0 aliphatic carbocycles. The fraction of sp³-hybridized carbons (Fsp3) is 0.200. The minimum Gasteiger partial charge on any atom is -0.348 e. The Balaban J connectivity index is 1.86. The first-order valence-corrected chi connectivity index (χ1v) is 15.9. The number of amides is 2. The first-order chi connectivity index (χ1) is 17.3. The van der Waals surface area contributed by atoms with Gasteiger partial charge in [0.2, 0.25) is 11.8 Å². The third-order valence-corrected chi connectivity index (χ3v) is 11.2. The van der Waals surface area contributed by atoms with Crippen molar-refractivity contribution in [3.8, 4) is 22.9 Å². The van der Waals surface area contributed by atoms with Gasteiger partial charge in [0.25, 0.3) is 0 Å². The zero-order chi connectivity index (χ0) is 25.9. The van der Waals surface area contributed by atoms with E-state index in [0.29, 0.717) is 12.3 Å². The largest absolute Gasteiger partial charge is 0.348 e. The highest BCUT2D eigenvalue weighted by Crippen LogP contribution is 2.04. The van der Waals surface area contributed by atoms with Crippen LogP contribution in [0.1, 0.15) is 25.0 Å². The molecule has 3 aromatic carbocycles. The van der Waals surface area contributed by atoms with Crippen LogP contribution in [0.4, 0.5) is 0 Å². The van der Waals surface area contributed by atoms with Gasteiger partial charge in [-0.1, -0.05) is 78.6 Å². The minimum absolute atomic E-state index is 0.0510. The van der Waals surface area contributed by atoms with Crippen molar-refractivity contribution in [2.75, 3.05) is 26.4 Å². The Labute approximate surface area is 218 Å². The van der Waals surface area contributed by atoms with Crippen molar-refractivity contribution in [2.24, 2.45) is 0 Å². The molecule has 2 amide bonds. The van der Waals surface area contributed by atoms with Gasteiger partial charge >= 0.3 is 0 Å². The molecule has 0 N–H and O–H groups in total. The molecule has 2 atom stereocenters. The molecule has 36 heavy (non-hydrogen) atoms. The zero-order valence-corrected chi connectivity index (χ0v) is 23.7. The van der Waals surface area contributed by atoms with Crippen molar-refractivity contribution < 1.29 is 9.59 Å². The topological polar surface area (TPSA) is 40.6 Å². The molecule has 0 saturated carbocycles. The first kappa shape index (κ1) is 26.8. The van der Waals surface area contributed by atoms with E-state index in [0.717, 1.165) is 11.1 Å². The molecule has 4 nitrogen and oxygen atoms in total. The fourth-order valence-corrected chi connectivity index (χ4v) is 8.26. The molecule has 0 heterocycles. The van der Waals surface area contributed by atoms with Crippen LogP contribution in [-0.4, -0.2) is 65.6 Å². The van der Waals surface area contributed by atoms with Crippen molar-refractivity contribution in [3.63, 3.8) is 0 Å². The van der Waals surface area contributed by atoms with Crippen LogP contribution in [0.15, 0.2) is 84.9 Å². The molecule has 0 spiro atoms. The molecule has 6 heteroatoms. The number of rotatable bonds is 6. The third kappa shape index (κ3) is 8.13. The second-order valence-corrected chi connectivity index (χ2v) is 13.7. The maximum absolute atomic E-state index is 11.8. The number of hydrogen-bond donors (Lipinski definition) is 0. The zero-order valence-electron chi connectivity index (χ0n) is 21.4. The Hall–Kier alpha value is -3.85. The van der Waals surface area contributed by atoms with Gasteiger partial charge < -0.3 is 9.80 Å². The lowest BCUT2D eigenvalue weighted by molar-refractivity contribution is -0.127. The van der Waals surface area contributed by atoms with Gasteiger partial charge in [-0.25, -0.2) is 0 Å². The highest BCUT2D eigenvalue weighted by atomic mass is 28.3. The molecule has 0 saturated heterocycles. The molecule has 0 radical (unpaired) electrons. The minimum atomic E-state index is -1.71. The number of nitrogens with zero attached hydrogens (tertiary/aromatic N) is 2. The van der Waals surface area contributed by atoms with Crippen molar-refractivity contribution in [1.82, 2.24) is 9.80 Å². The first-order valence-electron chi connectivity index (χ1n) is 12.0. The van der Waals surface area contributed by atoms with Crippen LogP contribution in [0.2, 0.25) is 0 Å². The van der Waals surface area contributed by atoms with Crippen LogP contribution in [0.25, 0.3) is 0 Å². The molecule has 0 fully saturated rings. The van der Waals surface area contributed by atoms with Crippen LogP contribution in [0.5, 0.6) is 0 Å². The van der Waals surface area contributed by atoms with Crippen molar-refractivity contribution >= 4 is 39.8 Å². The smallest absolute Gasteiger partial charge is 0.218 e. The lowest BCUT2D eigenvalue weighted by Crippen LogP contribution is -2.42.